The predicted molar refractivity (Wildman–Crippen MR) is 107 cm³/mol. The lowest BCUT2D eigenvalue weighted by atomic mass is 10.1. The third-order valence-electron chi connectivity index (χ3n) is 3.99. The van der Waals surface area contributed by atoms with Gasteiger partial charge in [0.1, 0.15) is 5.76 Å². The van der Waals surface area contributed by atoms with E-state index in [1.807, 2.05) is 6.07 Å². The summed E-state index contributed by atoms with van der Waals surface area (Å²) in [5.74, 6) is 0.463. The zero-order valence-electron chi connectivity index (χ0n) is 14.5. The molecule has 0 saturated heterocycles. The van der Waals surface area contributed by atoms with Crippen LogP contribution in [0.25, 0.3) is 5.57 Å². The largest absolute Gasteiger partial charge is 0.468 e. The minimum absolute atomic E-state index is 0.283. The summed E-state index contributed by atoms with van der Waals surface area (Å²) in [6.45, 7) is 0.744. The molecule has 0 bridgehead atoms. The lowest BCUT2D eigenvalue weighted by molar-refractivity contribution is -0.136. The average molecular weight is 426 g/mol. The van der Waals surface area contributed by atoms with Gasteiger partial charge in [0.15, 0.2) is 0 Å². The molecule has 2 aromatic rings. The van der Waals surface area contributed by atoms with E-state index in [-0.39, 0.29) is 18.4 Å². The fourth-order valence-corrected chi connectivity index (χ4v) is 4.25. The maximum absolute atomic E-state index is 13.0. The Balaban J connectivity index is 1.94. The molecule has 0 atom stereocenters. The number of amides is 2. The standard InChI is InChI=1S/C19H17Cl2NO4S/c1-25-8-3-7-22-18(23)16(14-6-5-12(20)10-15(14)21)17(19(22)24)27-11-13-4-2-9-26-13/h2,4-6,9-10H,3,7-8,11H2,1H3. The molecule has 5 nitrogen and oxygen atoms in total. The van der Waals surface area contributed by atoms with E-state index in [1.165, 1.54) is 16.7 Å². The van der Waals surface area contributed by atoms with Gasteiger partial charge in [-0.3, -0.25) is 14.5 Å². The van der Waals surface area contributed by atoms with E-state index in [0.29, 0.717) is 50.6 Å². The first-order chi connectivity index (χ1) is 13.0. The quantitative estimate of drug-likeness (QED) is 0.455. The highest BCUT2D eigenvalue weighted by molar-refractivity contribution is 8.03. The molecule has 27 heavy (non-hydrogen) atoms. The summed E-state index contributed by atoms with van der Waals surface area (Å²) in [5, 5.41) is 0.788. The van der Waals surface area contributed by atoms with E-state index in [4.69, 9.17) is 32.4 Å². The Hall–Kier alpha value is -1.73. The van der Waals surface area contributed by atoms with E-state index in [0.717, 1.165) is 0 Å². The van der Waals surface area contributed by atoms with Gasteiger partial charge in [0.25, 0.3) is 11.8 Å². The van der Waals surface area contributed by atoms with Gasteiger partial charge in [0, 0.05) is 30.8 Å². The van der Waals surface area contributed by atoms with Crippen molar-refractivity contribution in [1.82, 2.24) is 4.90 Å². The molecule has 1 aromatic carbocycles. The van der Waals surface area contributed by atoms with Crippen LogP contribution in [0.5, 0.6) is 0 Å². The number of carbonyl (C=O) groups is 2. The van der Waals surface area contributed by atoms with Crippen LogP contribution >= 0.6 is 35.0 Å². The lowest BCUT2D eigenvalue weighted by Gasteiger charge is -2.14. The second-order valence-corrected chi connectivity index (χ2v) is 7.63. The zero-order chi connectivity index (χ0) is 19.4. The molecule has 0 N–H and O–H groups in total. The summed E-state index contributed by atoms with van der Waals surface area (Å²) in [7, 11) is 1.58. The molecule has 0 radical (unpaired) electrons. The molecular weight excluding hydrogens is 409 g/mol. The molecule has 0 aliphatic carbocycles. The summed E-state index contributed by atoms with van der Waals surface area (Å²) in [6, 6.07) is 8.47. The number of hydrogen-bond acceptors (Lipinski definition) is 5. The molecule has 1 aliphatic rings. The Morgan fingerprint density at radius 3 is 2.67 bits per heavy atom. The number of thioether (sulfide) groups is 1. The fraction of sp³-hybridized carbons (Fsp3) is 0.263. The van der Waals surface area contributed by atoms with Crippen molar-refractivity contribution in [3.05, 3.63) is 62.9 Å². The number of methoxy groups -OCH3 is 1. The number of rotatable bonds is 8. The maximum Gasteiger partial charge on any atom is 0.267 e. The lowest BCUT2D eigenvalue weighted by Crippen LogP contribution is -2.33. The van der Waals surface area contributed by atoms with E-state index >= 15 is 0 Å². The molecule has 0 unspecified atom stereocenters. The number of ether oxygens (including phenoxy) is 1. The van der Waals surface area contributed by atoms with Crippen molar-refractivity contribution >= 4 is 52.4 Å². The van der Waals surface area contributed by atoms with Gasteiger partial charge in [-0.1, -0.05) is 29.3 Å². The molecule has 1 aromatic heterocycles. The van der Waals surface area contributed by atoms with Crippen LogP contribution in [0.1, 0.15) is 17.7 Å². The van der Waals surface area contributed by atoms with Crippen molar-refractivity contribution in [2.45, 2.75) is 12.2 Å². The minimum atomic E-state index is -0.359. The Kier molecular flexibility index (Phi) is 6.65. The van der Waals surface area contributed by atoms with Gasteiger partial charge in [-0.2, -0.15) is 0 Å². The molecule has 0 saturated carbocycles. The monoisotopic (exact) mass is 425 g/mol. The molecule has 0 spiro atoms. The van der Waals surface area contributed by atoms with Crippen LogP contribution < -0.4 is 0 Å². The highest BCUT2D eigenvalue weighted by atomic mass is 35.5. The van der Waals surface area contributed by atoms with Crippen molar-refractivity contribution in [2.24, 2.45) is 0 Å². The number of hydrogen-bond donors (Lipinski definition) is 0. The van der Waals surface area contributed by atoms with Crippen LogP contribution in [-0.2, 0) is 20.1 Å². The SMILES string of the molecule is COCCCN1C(=O)C(SCc2ccco2)=C(c2ccc(Cl)cc2Cl)C1=O. The van der Waals surface area contributed by atoms with E-state index < -0.39 is 0 Å². The number of furan rings is 1. The maximum atomic E-state index is 13.0. The highest BCUT2D eigenvalue weighted by Crippen LogP contribution is 2.40. The van der Waals surface area contributed by atoms with Crippen molar-refractivity contribution in [3.8, 4) is 0 Å². The molecule has 0 fully saturated rings. The fourth-order valence-electron chi connectivity index (χ4n) is 2.73. The third kappa shape index (κ3) is 4.41. The van der Waals surface area contributed by atoms with E-state index in [2.05, 4.69) is 0 Å². The second-order valence-electron chi connectivity index (χ2n) is 5.80. The molecule has 2 heterocycles. The smallest absolute Gasteiger partial charge is 0.267 e. The number of halogens is 2. The van der Waals surface area contributed by atoms with Gasteiger partial charge in [-0.15, -0.1) is 11.8 Å². The number of imide groups is 1. The topological polar surface area (TPSA) is 59.8 Å². The Morgan fingerprint density at radius 2 is 2.00 bits per heavy atom. The number of benzene rings is 1. The van der Waals surface area contributed by atoms with Gasteiger partial charge in [-0.25, -0.2) is 0 Å². The first-order valence-corrected chi connectivity index (χ1v) is 9.97. The Labute approximate surface area is 171 Å². The number of carbonyl (C=O) groups excluding carboxylic acids is 2. The Morgan fingerprint density at radius 1 is 1.19 bits per heavy atom. The third-order valence-corrected chi connectivity index (χ3v) is 5.64. The van der Waals surface area contributed by atoms with Crippen LogP contribution in [0.4, 0.5) is 0 Å². The molecule has 2 amide bonds. The first-order valence-electron chi connectivity index (χ1n) is 8.23. The van der Waals surface area contributed by atoms with E-state index in [1.54, 1.807) is 37.6 Å². The van der Waals surface area contributed by atoms with Crippen LogP contribution in [0.3, 0.4) is 0 Å². The molecule has 3 rings (SSSR count). The van der Waals surface area contributed by atoms with Gasteiger partial charge >= 0.3 is 0 Å². The molecule has 8 heteroatoms. The van der Waals surface area contributed by atoms with Gasteiger partial charge in [-0.05, 0) is 30.7 Å². The van der Waals surface area contributed by atoms with Crippen molar-refractivity contribution in [1.29, 1.82) is 0 Å². The van der Waals surface area contributed by atoms with Gasteiger partial charge in [0.2, 0.25) is 0 Å². The average Bonchev–Trinajstić information content (AvgIpc) is 3.22. The summed E-state index contributed by atoms with van der Waals surface area (Å²) >= 11 is 13.5. The highest BCUT2D eigenvalue weighted by Gasteiger charge is 2.39. The van der Waals surface area contributed by atoms with Crippen LogP contribution in [-0.4, -0.2) is 37.0 Å². The summed E-state index contributed by atoms with van der Waals surface area (Å²) in [4.78, 5) is 27.5. The number of nitrogens with zero attached hydrogens (tertiary/aromatic N) is 1. The van der Waals surface area contributed by atoms with Gasteiger partial charge in [0.05, 0.1) is 27.5 Å². The van der Waals surface area contributed by atoms with Crippen molar-refractivity contribution < 1.29 is 18.7 Å². The molecular formula is C19H17Cl2NO4S. The predicted octanol–water partition coefficient (Wildman–Crippen LogP) is 4.64. The normalized spacial score (nSPS) is 14.6. The summed E-state index contributed by atoms with van der Waals surface area (Å²) in [6.07, 6.45) is 2.13. The summed E-state index contributed by atoms with van der Waals surface area (Å²) in [5.41, 5.74) is 0.797. The van der Waals surface area contributed by atoms with Crippen LogP contribution in [0.15, 0.2) is 45.9 Å². The van der Waals surface area contributed by atoms with Crippen LogP contribution in [0.2, 0.25) is 10.0 Å². The second kappa shape index (κ2) is 8.97. The molecule has 1 aliphatic heterocycles. The Bertz CT molecular complexity index is 880. The molecule has 142 valence electrons. The van der Waals surface area contributed by atoms with Crippen molar-refractivity contribution in [2.75, 3.05) is 20.3 Å². The van der Waals surface area contributed by atoms with Gasteiger partial charge < -0.3 is 9.15 Å². The van der Waals surface area contributed by atoms with Crippen LogP contribution in [0, 0.1) is 0 Å². The van der Waals surface area contributed by atoms with Crippen molar-refractivity contribution in [3.63, 3.8) is 0 Å². The first kappa shape index (κ1) is 20.0. The minimum Gasteiger partial charge on any atom is -0.468 e. The summed E-state index contributed by atoms with van der Waals surface area (Å²) < 4.78 is 10.4. The zero-order valence-corrected chi connectivity index (χ0v) is 16.9. The van der Waals surface area contributed by atoms with E-state index in [9.17, 15) is 9.59 Å².